The number of carbonyl (C=O) groups is 1. The summed E-state index contributed by atoms with van der Waals surface area (Å²) < 4.78 is 1.93. The van der Waals surface area contributed by atoms with Crippen LogP contribution in [0, 0.1) is 5.92 Å². The highest BCUT2D eigenvalue weighted by Gasteiger charge is 2.15. The second-order valence-corrected chi connectivity index (χ2v) is 4.49. The molecule has 1 unspecified atom stereocenters. The van der Waals surface area contributed by atoms with E-state index in [4.69, 9.17) is 5.11 Å². The Morgan fingerprint density at radius 2 is 2.17 bits per heavy atom. The molecular formula is C14H16N2O2. The average molecular weight is 244 g/mol. The molecule has 0 spiro atoms. The van der Waals surface area contributed by atoms with E-state index in [-0.39, 0.29) is 5.92 Å². The summed E-state index contributed by atoms with van der Waals surface area (Å²) in [4.78, 5) is 15.1. The molecule has 2 aromatic rings. The molecule has 1 aromatic carbocycles. The average Bonchev–Trinajstić information content (AvgIpc) is 2.76. The van der Waals surface area contributed by atoms with Crippen LogP contribution in [0.3, 0.4) is 0 Å². The second-order valence-electron chi connectivity index (χ2n) is 4.49. The first-order chi connectivity index (χ1) is 8.59. The third-order valence-electron chi connectivity index (χ3n) is 3.06. The molecule has 4 nitrogen and oxygen atoms in total. The van der Waals surface area contributed by atoms with E-state index < -0.39 is 5.97 Å². The van der Waals surface area contributed by atoms with Gasteiger partial charge in [0, 0.05) is 12.6 Å². The lowest BCUT2D eigenvalue weighted by atomic mass is 9.95. The largest absolute Gasteiger partial charge is 0.481 e. The van der Waals surface area contributed by atoms with E-state index in [2.05, 4.69) is 4.98 Å². The number of rotatable bonds is 4. The van der Waals surface area contributed by atoms with Crippen molar-refractivity contribution in [2.45, 2.75) is 13.3 Å². The summed E-state index contributed by atoms with van der Waals surface area (Å²) in [5, 5.41) is 9.00. The van der Waals surface area contributed by atoms with Crippen LogP contribution < -0.4 is 0 Å². The minimum absolute atomic E-state index is 0.389. The Bertz CT molecular complexity index is 560. The van der Waals surface area contributed by atoms with Gasteiger partial charge in [-0.3, -0.25) is 4.79 Å². The monoisotopic (exact) mass is 244 g/mol. The summed E-state index contributed by atoms with van der Waals surface area (Å²) in [5.41, 5.74) is 3.09. The Morgan fingerprint density at radius 3 is 2.78 bits per heavy atom. The van der Waals surface area contributed by atoms with Gasteiger partial charge in [-0.15, -0.1) is 0 Å². The van der Waals surface area contributed by atoms with Crippen molar-refractivity contribution in [3.63, 3.8) is 0 Å². The molecule has 94 valence electrons. The van der Waals surface area contributed by atoms with Gasteiger partial charge in [-0.2, -0.15) is 0 Å². The molecule has 0 fully saturated rings. The highest BCUT2D eigenvalue weighted by Crippen LogP contribution is 2.24. The lowest BCUT2D eigenvalue weighted by Gasteiger charge is -2.12. The molecule has 0 radical (unpaired) electrons. The smallest absolute Gasteiger partial charge is 0.306 e. The molecule has 1 N–H and O–H groups in total. The zero-order valence-corrected chi connectivity index (χ0v) is 10.5. The Labute approximate surface area is 106 Å². The van der Waals surface area contributed by atoms with Crippen LogP contribution in [0.5, 0.6) is 0 Å². The summed E-state index contributed by atoms with van der Waals surface area (Å²) in [7, 11) is 1.93. The fraction of sp³-hybridized carbons (Fsp3) is 0.286. The molecule has 2 rings (SSSR count). The molecule has 1 heterocycles. The predicted molar refractivity (Wildman–Crippen MR) is 69.1 cm³/mol. The summed E-state index contributed by atoms with van der Waals surface area (Å²) in [6.07, 6.45) is 4.06. The first-order valence-electron chi connectivity index (χ1n) is 5.87. The fourth-order valence-electron chi connectivity index (χ4n) is 1.98. The minimum atomic E-state index is -0.769. The molecule has 0 amide bonds. The molecule has 0 bridgehead atoms. The number of aromatic nitrogens is 2. The van der Waals surface area contributed by atoms with Crippen molar-refractivity contribution in [2.75, 3.05) is 0 Å². The van der Waals surface area contributed by atoms with E-state index in [0.29, 0.717) is 6.42 Å². The van der Waals surface area contributed by atoms with Crippen molar-refractivity contribution < 1.29 is 9.90 Å². The second kappa shape index (κ2) is 5.04. The number of benzene rings is 1. The van der Waals surface area contributed by atoms with E-state index in [1.54, 1.807) is 19.4 Å². The SMILES string of the molecule is CC(Cc1ccccc1-c1cncn1C)C(=O)O. The number of aryl methyl sites for hydroxylation is 1. The molecule has 18 heavy (non-hydrogen) atoms. The molecule has 0 saturated carbocycles. The maximum absolute atomic E-state index is 11.0. The number of nitrogens with zero attached hydrogens (tertiary/aromatic N) is 2. The van der Waals surface area contributed by atoms with Crippen LogP contribution >= 0.6 is 0 Å². The maximum Gasteiger partial charge on any atom is 0.306 e. The minimum Gasteiger partial charge on any atom is -0.481 e. The van der Waals surface area contributed by atoms with Crippen LogP contribution in [0.4, 0.5) is 0 Å². The Kier molecular flexibility index (Phi) is 3.46. The van der Waals surface area contributed by atoms with Gasteiger partial charge in [-0.05, 0) is 12.0 Å². The molecular weight excluding hydrogens is 228 g/mol. The third kappa shape index (κ3) is 2.42. The van der Waals surface area contributed by atoms with Gasteiger partial charge in [-0.1, -0.05) is 31.2 Å². The van der Waals surface area contributed by atoms with E-state index in [1.807, 2.05) is 35.9 Å². The maximum atomic E-state index is 11.0. The molecule has 0 aliphatic heterocycles. The Morgan fingerprint density at radius 1 is 1.44 bits per heavy atom. The van der Waals surface area contributed by atoms with Crippen molar-refractivity contribution in [2.24, 2.45) is 13.0 Å². The van der Waals surface area contributed by atoms with Gasteiger partial charge in [0.25, 0.3) is 0 Å². The van der Waals surface area contributed by atoms with Crippen molar-refractivity contribution in [1.82, 2.24) is 9.55 Å². The normalized spacial score (nSPS) is 12.3. The quantitative estimate of drug-likeness (QED) is 0.898. The predicted octanol–water partition coefficient (Wildman–Crippen LogP) is 2.35. The summed E-state index contributed by atoms with van der Waals surface area (Å²) >= 11 is 0. The Balaban J connectivity index is 2.38. The van der Waals surface area contributed by atoms with Crippen molar-refractivity contribution >= 4 is 5.97 Å². The zero-order chi connectivity index (χ0) is 13.1. The number of hydrogen-bond donors (Lipinski definition) is 1. The number of hydrogen-bond acceptors (Lipinski definition) is 2. The van der Waals surface area contributed by atoms with Crippen molar-refractivity contribution in [3.05, 3.63) is 42.4 Å². The van der Waals surface area contributed by atoms with Gasteiger partial charge >= 0.3 is 5.97 Å². The van der Waals surface area contributed by atoms with Crippen molar-refractivity contribution in [1.29, 1.82) is 0 Å². The van der Waals surface area contributed by atoms with Crippen LogP contribution in [0.2, 0.25) is 0 Å². The van der Waals surface area contributed by atoms with Crippen molar-refractivity contribution in [3.8, 4) is 11.3 Å². The van der Waals surface area contributed by atoms with Gasteiger partial charge in [0.15, 0.2) is 0 Å². The molecule has 1 atom stereocenters. The highest BCUT2D eigenvalue weighted by atomic mass is 16.4. The first-order valence-corrected chi connectivity index (χ1v) is 5.87. The lowest BCUT2D eigenvalue weighted by molar-refractivity contribution is -0.141. The summed E-state index contributed by atoms with van der Waals surface area (Å²) in [6.45, 7) is 1.72. The van der Waals surface area contributed by atoms with Gasteiger partial charge < -0.3 is 9.67 Å². The van der Waals surface area contributed by atoms with Gasteiger partial charge in [0.05, 0.1) is 24.1 Å². The van der Waals surface area contributed by atoms with E-state index in [9.17, 15) is 4.79 Å². The third-order valence-corrected chi connectivity index (χ3v) is 3.06. The van der Waals surface area contributed by atoms with E-state index >= 15 is 0 Å². The summed E-state index contributed by atoms with van der Waals surface area (Å²) in [5.74, 6) is -1.16. The van der Waals surface area contributed by atoms with E-state index in [0.717, 1.165) is 16.8 Å². The van der Waals surface area contributed by atoms with Crippen LogP contribution in [-0.2, 0) is 18.3 Å². The van der Waals surface area contributed by atoms with Crippen LogP contribution in [0.1, 0.15) is 12.5 Å². The standard InChI is InChI=1S/C14H16N2O2/c1-10(14(17)18)7-11-5-3-4-6-12(11)13-8-15-9-16(13)2/h3-6,8-10H,7H2,1-2H3,(H,17,18). The highest BCUT2D eigenvalue weighted by molar-refractivity contribution is 5.71. The van der Waals surface area contributed by atoms with Crippen LogP contribution in [0.25, 0.3) is 11.3 Å². The molecule has 0 saturated heterocycles. The fourth-order valence-corrected chi connectivity index (χ4v) is 1.98. The number of carboxylic acid groups (broad SMARTS) is 1. The topological polar surface area (TPSA) is 55.1 Å². The summed E-state index contributed by atoms with van der Waals surface area (Å²) in [6, 6.07) is 7.86. The number of carboxylic acids is 1. The van der Waals surface area contributed by atoms with Gasteiger partial charge in [0.2, 0.25) is 0 Å². The number of imidazole rings is 1. The Hall–Kier alpha value is -2.10. The van der Waals surface area contributed by atoms with E-state index in [1.165, 1.54) is 0 Å². The molecule has 1 aromatic heterocycles. The van der Waals surface area contributed by atoms with Gasteiger partial charge in [-0.25, -0.2) is 4.98 Å². The number of aliphatic carboxylic acids is 1. The zero-order valence-electron chi connectivity index (χ0n) is 10.5. The molecule has 0 aliphatic rings. The van der Waals surface area contributed by atoms with Crippen LogP contribution in [-0.4, -0.2) is 20.6 Å². The first kappa shape index (κ1) is 12.4. The molecule has 0 aliphatic carbocycles. The lowest BCUT2D eigenvalue weighted by Crippen LogP contribution is -2.13. The van der Waals surface area contributed by atoms with Gasteiger partial charge in [0.1, 0.15) is 0 Å². The van der Waals surface area contributed by atoms with Crippen LogP contribution in [0.15, 0.2) is 36.8 Å². The molecule has 4 heteroatoms.